The topological polar surface area (TPSA) is 78.5 Å². The second kappa shape index (κ2) is 7.88. The van der Waals surface area contributed by atoms with Crippen LogP contribution in [0.25, 0.3) is 0 Å². The first kappa shape index (κ1) is 18.4. The summed E-state index contributed by atoms with van der Waals surface area (Å²) >= 11 is 0. The summed E-state index contributed by atoms with van der Waals surface area (Å²) in [6.07, 6.45) is 2.13. The summed E-state index contributed by atoms with van der Waals surface area (Å²) in [7, 11) is -3.31. The van der Waals surface area contributed by atoms with E-state index in [2.05, 4.69) is 39.2 Å². The fourth-order valence-electron chi connectivity index (χ4n) is 3.08. The van der Waals surface area contributed by atoms with Gasteiger partial charge in [0.2, 0.25) is 10.0 Å². The van der Waals surface area contributed by atoms with Gasteiger partial charge in [-0.15, -0.1) is 0 Å². The van der Waals surface area contributed by atoms with Gasteiger partial charge in [0.1, 0.15) is 0 Å². The Morgan fingerprint density at radius 2 is 1.77 bits per heavy atom. The van der Waals surface area contributed by atoms with Gasteiger partial charge in [-0.05, 0) is 41.8 Å². The molecule has 7 heteroatoms. The highest BCUT2D eigenvalue weighted by Gasteiger charge is 2.15. The van der Waals surface area contributed by atoms with E-state index in [9.17, 15) is 13.2 Å². The number of carbonyl (C=O) groups excluding carboxylic acids is 1. The molecule has 1 amide bonds. The van der Waals surface area contributed by atoms with E-state index in [1.807, 2.05) is 0 Å². The molecule has 0 saturated carbocycles. The predicted octanol–water partition coefficient (Wildman–Crippen LogP) is 1.85. The van der Waals surface area contributed by atoms with Gasteiger partial charge >= 0.3 is 0 Å². The summed E-state index contributed by atoms with van der Waals surface area (Å²) in [6.45, 7) is 3.29. The maximum absolute atomic E-state index is 12.2. The molecule has 1 aliphatic rings. The number of nitrogens with one attached hydrogen (secondary N) is 2. The third-order valence-corrected chi connectivity index (χ3v) is 4.98. The minimum atomic E-state index is -3.31. The van der Waals surface area contributed by atoms with Crippen LogP contribution in [0.3, 0.4) is 0 Å². The number of sulfonamides is 1. The Bertz CT molecular complexity index is 879. The number of nitrogens with zero attached hydrogens (tertiary/aromatic N) is 1. The number of rotatable bonds is 6. The molecule has 1 aliphatic heterocycles. The first-order valence-electron chi connectivity index (χ1n) is 8.56. The summed E-state index contributed by atoms with van der Waals surface area (Å²) in [5.74, 6) is -0.159. The lowest BCUT2D eigenvalue weighted by Gasteiger charge is -2.28. The van der Waals surface area contributed by atoms with Crippen molar-refractivity contribution < 1.29 is 13.2 Å². The van der Waals surface area contributed by atoms with Crippen LogP contribution in [-0.4, -0.2) is 45.1 Å². The van der Waals surface area contributed by atoms with Crippen molar-refractivity contribution in [2.75, 3.05) is 30.6 Å². The van der Waals surface area contributed by atoms with Crippen molar-refractivity contribution in [2.45, 2.75) is 13.0 Å². The van der Waals surface area contributed by atoms with Crippen LogP contribution in [0.5, 0.6) is 0 Å². The van der Waals surface area contributed by atoms with Crippen molar-refractivity contribution in [2.24, 2.45) is 0 Å². The first-order chi connectivity index (χ1) is 12.4. The van der Waals surface area contributed by atoms with Crippen molar-refractivity contribution in [3.63, 3.8) is 0 Å². The molecule has 2 aromatic carbocycles. The zero-order valence-electron chi connectivity index (χ0n) is 14.7. The fraction of sp³-hybridized carbons (Fsp3) is 0.316. The van der Waals surface area contributed by atoms with Crippen molar-refractivity contribution >= 4 is 21.6 Å². The minimum absolute atomic E-state index is 0.159. The van der Waals surface area contributed by atoms with E-state index in [0.29, 0.717) is 17.8 Å². The molecule has 0 atom stereocenters. The van der Waals surface area contributed by atoms with Crippen LogP contribution < -0.4 is 10.0 Å². The van der Waals surface area contributed by atoms with E-state index in [1.54, 1.807) is 24.3 Å². The van der Waals surface area contributed by atoms with Crippen LogP contribution in [0.2, 0.25) is 0 Å². The quantitative estimate of drug-likeness (QED) is 0.810. The monoisotopic (exact) mass is 373 g/mol. The number of carbonyl (C=O) groups is 1. The van der Waals surface area contributed by atoms with Gasteiger partial charge in [-0.2, -0.15) is 0 Å². The molecule has 0 radical (unpaired) electrons. The highest BCUT2D eigenvalue weighted by atomic mass is 32.2. The molecule has 0 saturated heterocycles. The van der Waals surface area contributed by atoms with Crippen LogP contribution in [0.1, 0.15) is 21.5 Å². The molecule has 0 bridgehead atoms. The minimum Gasteiger partial charge on any atom is -0.351 e. The Labute approximate surface area is 154 Å². The van der Waals surface area contributed by atoms with Gasteiger partial charge < -0.3 is 5.32 Å². The average molecular weight is 373 g/mol. The van der Waals surface area contributed by atoms with Crippen LogP contribution in [0, 0.1) is 0 Å². The summed E-state index contributed by atoms with van der Waals surface area (Å²) < 4.78 is 24.8. The predicted molar refractivity (Wildman–Crippen MR) is 103 cm³/mol. The molecule has 3 rings (SSSR count). The normalized spacial score (nSPS) is 14.5. The van der Waals surface area contributed by atoms with Crippen LogP contribution >= 0.6 is 0 Å². The standard InChI is InChI=1S/C19H23N3O3S/c1-26(24,25)21-18-8-6-16(7-9-18)19(23)20-11-13-22-12-10-15-4-2-3-5-17(15)14-22/h2-9,21H,10-14H2,1H3,(H,20,23). The second-order valence-corrected chi connectivity index (χ2v) is 8.25. The number of fused-ring (bicyclic) bond motifs is 1. The number of hydrogen-bond acceptors (Lipinski definition) is 4. The second-order valence-electron chi connectivity index (χ2n) is 6.50. The zero-order chi connectivity index (χ0) is 18.6. The molecule has 0 aromatic heterocycles. The first-order valence-corrected chi connectivity index (χ1v) is 10.4. The Morgan fingerprint density at radius 3 is 2.46 bits per heavy atom. The van der Waals surface area contributed by atoms with Crippen LogP contribution in [0.4, 0.5) is 5.69 Å². The third-order valence-electron chi connectivity index (χ3n) is 4.37. The molecule has 138 valence electrons. The van der Waals surface area contributed by atoms with E-state index in [-0.39, 0.29) is 5.91 Å². The highest BCUT2D eigenvalue weighted by molar-refractivity contribution is 7.92. The lowest BCUT2D eigenvalue weighted by molar-refractivity contribution is 0.0947. The van der Waals surface area contributed by atoms with Crippen LogP contribution in [0.15, 0.2) is 48.5 Å². The summed E-state index contributed by atoms with van der Waals surface area (Å²) in [5, 5.41) is 2.92. The number of amides is 1. The van der Waals surface area contributed by atoms with E-state index < -0.39 is 10.0 Å². The average Bonchev–Trinajstić information content (AvgIpc) is 2.61. The Morgan fingerprint density at radius 1 is 1.08 bits per heavy atom. The fourth-order valence-corrected chi connectivity index (χ4v) is 3.64. The zero-order valence-corrected chi connectivity index (χ0v) is 15.6. The molecular formula is C19H23N3O3S. The smallest absolute Gasteiger partial charge is 0.251 e. The Balaban J connectivity index is 1.47. The summed E-state index contributed by atoms with van der Waals surface area (Å²) in [5.41, 5.74) is 3.72. The van der Waals surface area contributed by atoms with Gasteiger partial charge in [0.05, 0.1) is 6.26 Å². The molecule has 0 spiro atoms. The Hall–Kier alpha value is -2.38. The molecule has 1 heterocycles. The van der Waals surface area contributed by atoms with Gasteiger partial charge in [-0.25, -0.2) is 8.42 Å². The SMILES string of the molecule is CS(=O)(=O)Nc1ccc(C(=O)NCCN2CCc3ccccc3C2)cc1. The lowest BCUT2D eigenvalue weighted by atomic mass is 10.00. The molecule has 2 aromatic rings. The van der Waals surface area contributed by atoms with Gasteiger partial charge in [-0.1, -0.05) is 24.3 Å². The van der Waals surface area contributed by atoms with Gasteiger partial charge in [0, 0.05) is 37.4 Å². The Kier molecular flexibility index (Phi) is 5.58. The largest absolute Gasteiger partial charge is 0.351 e. The molecule has 2 N–H and O–H groups in total. The highest BCUT2D eigenvalue weighted by Crippen LogP contribution is 2.17. The van der Waals surface area contributed by atoms with Gasteiger partial charge in [-0.3, -0.25) is 14.4 Å². The van der Waals surface area contributed by atoms with Gasteiger partial charge in [0.25, 0.3) is 5.91 Å². The molecule has 0 unspecified atom stereocenters. The maximum Gasteiger partial charge on any atom is 0.251 e. The number of benzene rings is 2. The van der Waals surface area contributed by atoms with Crippen molar-refractivity contribution in [1.82, 2.24) is 10.2 Å². The molecule has 0 aliphatic carbocycles. The van der Waals surface area contributed by atoms with E-state index in [4.69, 9.17) is 0 Å². The summed E-state index contributed by atoms with van der Waals surface area (Å²) in [6, 6.07) is 14.9. The molecule has 0 fully saturated rings. The van der Waals surface area contributed by atoms with Crippen molar-refractivity contribution in [3.8, 4) is 0 Å². The molecule has 26 heavy (non-hydrogen) atoms. The van der Waals surface area contributed by atoms with Crippen molar-refractivity contribution in [3.05, 3.63) is 65.2 Å². The molecular weight excluding hydrogens is 350 g/mol. The van der Waals surface area contributed by atoms with E-state index >= 15 is 0 Å². The maximum atomic E-state index is 12.2. The van der Waals surface area contributed by atoms with E-state index in [0.717, 1.165) is 32.3 Å². The number of hydrogen-bond donors (Lipinski definition) is 2. The lowest BCUT2D eigenvalue weighted by Crippen LogP contribution is -2.37. The summed E-state index contributed by atoms with van der Waals surface area (Å²) in [4.78, 5) is 14.5. The van der Waals surface area contributed by atoms with Gasteiger partial charge in [0.15, 0.2) is 0 Å². The van der Waals surface area contributed by atoms with Crippen molar-refractivity contribution in [1.29, 1.82) is 0 Å². The number of anilines is 1. The third kappa shape index (κ3) is 5.06. The van der Waals surface area contributed by atoms with E-state index in [1.165, 1.54) is 11.1 Å². The van der Waals surface area contributed by atoms with Crippen LogP contribution in [-0.2, 0) is 23.0 Å². The molecule has 6 nitrogen and oxygen atoms in total.